The van der Waals surface area contributed by atoms with Crippen LogP contribution in [-0.4, -0.2) is 54.7 Å². The monoisotopic (exact) mass is 265 g/mol. The predicted molar refractivity (Wildman–Crippen MR) is 71.2 cm³/mol. The van der Waals surface area contributed by atoms with Crippen LogP contribution in [0.2, 0.25) is 0 Å². The van der Waals surface area contributed by atoms with Crippen LogP contribution in [0.1, 0.15) is 17.3 Å². The van der Waals surface area contributed by atoms with Crippen LogP contribution in [0.4, 0.5) is 0 Å². The van der Waals surface area contributed by atoms with E-state index in [9.17, 15) is 9.59 Å². The van der Waals surface area contributed by atoms with Gasteiger partial charge in [-0.05, 0) is 13.0 Å². The van der Waals surface area contributed by atoms with Crippen molar-refractivity contribution in [2.45, 2.75) is 13.0 Å². The minimum absolute atomic E-state index is 0.0533. The lowest BCUT2D eigenvalue weighted by molar-refractivity contribution is 0.0342. The number of amides is 1. The lowest BCUT2D eigenvalue weighted by Gasteiger charge is -2.29. The Hall–Kier alpha value is -1.66. The Labute approximate surface area is 111 Å². The van der Waals surface area contributed by atoms with Crippen molar-refractivity contribution >= 4 is 5.91 Å². The van der Waals surface area contributed by atoms with Crippen molar-refractivity contribution in [2.75, 3.05) is 32.8 Å². The first kappa shape index (κ1) is 13.8. The average molecular weight is 265 g/mol. The molecule has 1 aliphatic heterocycles. The molecule has 1 aromatic rings. The molecule has 6 nitrogen and oxygen atoms in total. The topological polar surface area (TPSA) is 74.4 Å². The SMILES string of the molecule is CC(CN1CCOCC1)NC(=O)c1ccc(=O)[nH]c1. The second-order valence-electron chi connectivity index (χ2n) is 4.73. The van der Waals surface area contributed by atoms with Crippen LogP contribution in [0.3, 0.4) is 0 Å². The van der Waals surface area contributed by atoms with Gasteiger partial charge in [0, 0.05) is 37.9 Å². The molecule has 19 heavy (non-hydrogen) atoms. The summed E-state index contributed by atoms with van der Waals surface area (Å²) >= 11 is 0. The standard InChI is InChI=1S/C13H19N3O3/c1-10(9-16-4-6-19-7-5-16)15-13(18)11-2-3-12(17)14-8-11/h2-3,8,10H,4-7,9H2,1H3,(H,14,17)(H,15,18). The van der Waals surface area contributed by atoms with Gasteiger partial charge in [-0.3, -0.25) is 14.5 Å². The third kappa shape index (κ3) is 4.18. The zero-order chi connectivity index (χ0) is 13.7. The molecular formula is C13H19N3O3. The normalized spacial score (nSPS) is 17.9. The summed E-state index contributed by atoms with van der Waals surface area (Å²) in [4.78, 5) is 27.6. The van der Waals surface area contributed by atoms with Gasteiger partial charge in [0.05, 0.1) is 18.8 Å². The zero-order valence-electron chi connectivity index (χ0n) is 11.0. The zero-order valence-corrected chi connectivity index (χ0v) is 11.0. The first-order valence-corrected chi connectivity index (χ1v) is 6.45. The van der Waals surface area contributed by atoms with Crippen molar-refractivity contribution in [1.29, 1.82) is 0 Å². The number of pyridine rings is 1. The Bertz CT molecular complexity index is 460. The molecule has 1 unspecified atom stereocenters. The van der Waals surface area contributed by atoms with Gasteiger partial charge in [-0.15, -0.1) is 0 Å². The maximum Gasteiger partial charge on any atom is 0.253 e. The summed E-state index contributed by atoms with van der Waals surface area (Å²) in [5, 5.41) is 2.92. The molecule has 2 rings (SSSR count). The maximum atomic E-state index is 11.9. The molecule has 0 aromatic carbocycles. The first-order chi connectivity index (χ1) is 9.15. The first-order valence-electron chi connectivity index (χ1n) is 6.45. The summed E-state index contributed by atoms with van der Waals surface area (Å²) in [5.41, 5.74) is 0.256. The highest BCUT2D eigenvalue weighted by Crippen LogP contribution is 2.00. The van der Waals surface area contributed by atoms with E-state index in [1.807, 2.05) is 6.92 Å². The number of H-pyrrole nitrogens is 1. The van der Waals surface area contributed by atoms with Crippen LogP contribution in [0.25, 0.3) is 0 Å². The molecule has 1 atom stereocenters. The van der Waals surface area contributed by atoms with Gasteiger partial charge in [-0.1, -0.05) is 0 Å². The van der Waals surface area contributed by atoms with Crippen LogP contribution in [0.15, 0.2) is 23.1 Å². The molecule has 1 amide bonds. The quantitative estimate of drug-likeness (QED) is 0.792. The molecule has 1 aromatic heterocycles. The van der Waals surface area contributed by atoms with E-state index in [1.165, 1.54) is 18.3 Å². The molecular weight excluding hydrogens is 246 g/mol. The van der Waals surface area contributed by atoms with E-state index in [0.717, 1.165) is 32.8 Å². The fourth-order valence-corrected chi connectivity index (χ4v) is 2.08. The number of rotatable bonds is 4. The lowest BCUT2D eigenvalue weighted by atomic mass is 10.2. The van der Waals surface area contributed by atoms with Crippen LogP contribution in [-0.2, 0) is 4.74 Å². The van der Waals surface area contributed by atoms with E-state index in [-0.39, 0.29) is 17.5 Å². The minimum atomic E-state index is -0.210. The highest BCUT2D eigenvalue weighted by Gasteiger charge is 2.15. The smallest absolute Gasteiger partial charge is 0.253 e. The molecule has 1 saturated heterocycles. The number of hydrogen-bond donors (Lipinski definition) is 2. The van der Waals surface area contributed by atoms with Crippen molar-refractivity contribution < 1.29 is 9.53 Å². The van der Waals surface area contributed by atoms with Gasteiger partial charge in [0.15, 0.2) is 0 Å². The highest BCUT2D eigenvalue weighted by molar-refractivity contribution is 5.93. The number of nitrogens with zero attached hydrogens (tertiary/aromatic N) is 1. The summed E-state index contributed by atoms with van der Waals surface area (Å²) < 4.78 is 5.28. The van der Waals surface area contributed by atoms with Gasteiger partial charge in [-0.25, -0.2) is 0 Å². The van der Waals surface area contributed by atoms with Crippen molar-refractivity contribution in [1.82, 2.24) is 15.2 Å². The molecule has 1 aliphatic rings. The van der Waals surface area contributed by atoms with Crippen molar-refractivity contribution in [3.8, 4) is 0 Å². The third-order valence-electron chi connectivity index (χ3n) is 3.06. The number of carbonyl (C=O) groups excluding carboxylic acids is 1. The number of ether oxygens (including phenoxy) is 1. The number of aromatic amines is 1. The fraction of sp³-hybridized carbons (Fsp3) is 0.538. The van der Waals surface area contributed by atoms with Gasteiger partial charge in [0.1, 0.15) is 0 Å². The number of morpholine rings is 1. The Morgan fingerprint density at radius 1 is 1.47 bits per heavy atom. The Balaban J connectivity index is 1.84. The summed E-state index contributed by atoms with van der Waals surface area (Å²) in [6.45, 7) is 6.08. The maximum absolute atomic E-state index is 11.9. The number of aromatic nitrogens is 1. The minimum Gasteiger partial charge on any atom is -0.379 e. The van der Waals surface area contributed by atoms with Crippen LogP contribution >= 0.6 is 0 Å². The molecule has 0 spiro atoms. The van der Waals surface area contributed by atoms with Crippen molar-refractivity contribution in [2.24, 2.45) is 0 Å². The van der Waals surface area contributed by atoms with Gasteiger partial charge in [0.2, 0.25) is 5.56 Å². The number of nitrogens with one attached hydrogen (secondary N) is 2. The number of hydrogen-bond acceptors (Lipinski definition) is 4. The van der Waals surface area contributed by atoms with Gasteiger partial charge >= 0.3 is 0 Å². The van der Waals surface area contributed by atoms with E-state index in [2.05, 4.69) is 15.2 Å². The van der Waals surface area contributed by atoms with Crippen LogP contribution in [0.5, 0.6) is 0 Å². The summed E-state index contributed by atoms with van der Waals surface area (Å²) in [6.07, 6.45) is 1.43. The third-order valence-corrected chi connectivity index (χ3v) is 3.06. The Morgan fingerprint density at radius 3 is 2.84 bits per heavy atom. The van der Waals surface area contributed by atoms with Crippen molar-refractivity contribution in [3.05, 3.63) is 34.2 Å². The van der Waals surface area contributed by atoms with Gasteiger partial charge in [0.25, 0.3) is 5.91 Å². The molecule has 6 heteroatoms. The molecule has 0 saturated carbocycles. The Kier molecular flexibility index (Phi) is 4.70. The second-order valence-corrected chi connectivity index (χ2v) is 4.73. The van der Waals surface area contributed by atoms with Crippen LogP contribution < -0.4 is 10.9 Å². The van der Waals surface area contributed by atoms with E-state index < -0.39 is 0 Å². The molecule has 0 bridgehead atoms. The van der Waals surface area contributed by atoms with E-state index >= 15 is 0 Å². The molecule has 2 N–H and O–H groups in total. The van der Waals surface area contributed by atoms with E-state index in [0.29, 0.717) is 5.56 Å². The molecule has 0 radical (unpaired) electrons. The molecule has 1 fully saturated rings. The van der Waals surface area contributed by atoms with Crippen molar-refractivity contribution in [3.63, 3.8) is 0 Å². The lowest BCUT2D eigenvalue weighted by Crippen LogP contribution is -2.46. The predicted octanol–water partition coefficient (Wildman–Crippen LogP) is -0.175. The largest absolute Gasteiger partial charge is 0.379 e. The number of carbonyl (C=O) groups is 1. The second kappa shape index (κ2) is 6.49. The summed E-state index contributed by atoms with van der Waals surface area (Å²) in [5.74, 6) is -0.169. The van der Waals surface area contributed by atoms with E-state index in [1.54, 1.807) is 0 Å². The summed E-state index contributed by atoms with van der Waals surface area (Å²) in [7, 11) is 0. The molecule has 104 valence electrons. The van der Waals surface area contributed by atoms with Gasteiger partial charge in [-0.2, -0.15) is 0 Å². The molecule has 2 heterocycles. The van der Waals surface area contributed by atoms with Gasteiger partial charge < -0.3 is 15.0 Å². The molecule has 0 aliphatic carbocycles. The summed E-state index contributed by atoms with van der Waals surface area (Å²) in [6, 6.07) is 2.93. The van der Waals surface area contributed by atoms with Crippen LogP contribution in [0, 0.1) is 0 Å². The van der Waals surface area contributed by atoms with E-state index in [4.69, 9.17) is 4.74 Å². The average Bonchev–Trinajstić information content (AvgIpc) is 2.40. The highest BCUT2D eigenvalue weighted by atomic mass is 16.5. The fourth-order valence-electron chi connectivity index (χ4n) is 2.08. The Morgan fingerprint density at radius 2 is 2.21 bits per heavy atom.